The van der Waals surface area contributed by atoms with Crippen LogP contribution >= 0.6 is 45.2 Å². The minimum Gasteiger partial charge on any atom is -0.507 e. The van der Waals surface area contributed by atoms with Gasteiger partial charge in [-0.3, -0.25) is 4.79 Å². The Morgan fingerprint density at radius 2 is 1.76 bits per heavy atom. The van der Waals surface area contributed by atoms with Gasteiger partial charge in [0.15, 0.2) is 0 Å². The molecule has 0 radical (unpaired) electrons. The number of amides is 1. The highest BCUT2D eigenvalue weighted by Gasteiger charge is 2.14. The van der Waals surface area contributed by atoms with Crippen molar-refractivity contribution in [3.63, 3.8) is 0 Å². The average molecular weight is 509 g/mol. The first-order valence-electron chi connectivity index (χ1n) is 5.71. The number of anilines is 1. The van der Waals surface area contributed by atoms with E-state index in [9.17, 15) is 14.7 Å². The molecule has 0 unspecified atom stereocenters. The van der Waals surface area contributed by atoms with Crippen LogP contribution in [-0.2, 0) is 0 Å². The Kier molecular flexibility index (Phi) is 5.04. The smallest absolute Gasteiger partial charge is 0.337 e. The predicted molar refractivity (Wildman–Crippen MR) is 94.9 cm³/mol. The van der Waals surface area contributed by atoms with E-state index in [1.54, 1.807) is 18.2 Å². The molecular formula is C14H9I2NO4. The van der Waals surface area contributed by atoms with Crippen molar-refractivity contribution in [2.75, 3.05) is 5.32 Å². The number of rotatable bonds is 3. The molecule has 0 atom stereocenters. The number of nitrogens with one attached hydrogen (secondary N) is 1. The predicted octanol–water partition coefficient (Wildman–Crippen LogP) is 3.55. The minimum absolute atomic E-state index is 0.00400. The fourth-order valence-electron chi connectivity index (χ4n) is 1.65. The number of phenols is 1. The Hall–Kier alpha value is -1.36. The SMILES string of the molecule is O=C(Nc1ccc(I)cc1C(=O)O)c1ccc(I)c(O)c1. The van der Waals surface area contributed by atoms with Gasteiger partial charge in [-0.2, -0.15) is 0 Å². The number of carboxylic acids is 1. The zero-order valence-corrected chi connectivity index (χ0v) is 14.7. The summed E-state index contributed by atoms with van der Waals surface area (Å²) in [6.07, 6.45) is 0. The lowest BCUT2D eigenvalue weighted by Crippen LogP contribution is -2.15. The van der Waals surface area contributed by atoms with E-state index in [0.717, 1.165) is 3.57 Å². The second-order valence-electron chi connectivity index (χ2n) is 4.12. The number of hydrogen-bond donors (Lipinski definition) is 3. The topological polar surface area (TPSA) is 86.6 Å². The van der Waals surface area contributed by atoms with Gasteiger partial charge in [0.2, 0.25) is 0 Å². The second-order valence-corrected chi connectivity index (χ2v) is 6.52. The molecule has 0 aromatic heterocycles. The summed E-state index contributed by atoms with van der Waals surface area (Å²) < 4.78 is 1.39. The average Bonchev–Trinajstić information content (AvgIpc) is 2.43. The number of aromatic carboxylic acids is 1. The summed E-state index contributed by atoms with van der Waals surface area (Å²) in [4.78, 5) is 23.3. The quantitative estimate of drug-likeness (QED) is 0.553. The molecule has 0 aliphatic carbocycles. The van der Waals surface area contributed by atoms with Gasteiger partial charge in [-0.1, -0.05) is 0 Å². The molecule has 3 N–H and O–H groups in total. The Bertz CT molecular complexity index is 731. The van der Waals surface area contributed by atoms with Crippen molar-refractivity contribution in [1.82, 2.24) is 0 Å². The summed E-state index contributed by atoms with van der Waals surface area (Å²) in [6, 6.07) is 9.22. The Morgan fingerprint density at radius 1 is 1.05 bits per heavy atom. The molecule has 0 aliphatic heterocycles. The molecule has 0 spiro atoms. The standard InChI is InChI=1S/C14H9I2NO4/c15-8-2-4-11(9(6-8)14(20)21)17-13(19)7-1-3-10(16)12(18)5-7/h1-6,18H,(H,17,19)(H,20,21). The van der Waals surface area contributed by atoms with Gasteiger partial charge in [0, 0.05) is 9.13 Å². The van der Waals surface area contributed by atoms with Crippen molar-refractivity contribution in [2.24, 2.45) is 0 Å². The van der Waals surface area contributed by atoms with E-state index in [1.165, 1.54) is 18.2 Å². The Morgan fingerprint density at radius 3 is 2.38 bits per heavy atom. The fourth-order valence-corrected chi connectivity index (χ4v) is 2.48. The summed E-state index contributed by atoms with van der Waals surface area (Å²) >= 11 is 3.94. The number of carboxylic acid groups (broad SMARTS) is 1. The molecule has 2 aromatic carbocycles. The monoisotopic (exact) mass is 509 g/mol. The van der Waals surface area contributed by atoms with Crippen LogP contribution in [0.15, 0.2) is 36.4 Å². The third-order valence-corrected chi connectivity index (χ3v) is 4.25. The molecule has 0 heterocycles. The van der Waals surface area contributed by atoms with E-state index in [2.05, 4.69) is 5.32 Å². The summed E-state index contributed by atoms with van der Waals surface area (Å²) in [6.45, 7) is 0. The summed E-state index contributed by atoms with van der Waals surface area (Å²) in [7, 11) is 0. The number of carbonyl (C=O) groups is 2. The number of halogens is 2. The second kappa shape index (κ2) is 6.60. The summed E-state index contributed by atoms with van der Waals surface area (Å²) in [5.74, 6) is -1.59. The maximum Gasteiger partial charge on any atom is 0.337 e. The van der Waals surface area contributed by atoms with Crippen LogP contribution in [-0.4, -0.2) is 22.1 Å². The fraction of sp³-hybridized carbons (Fsp3) is 0. The summed E-state index contributed by atoms with van der Waals surface area (Å²) in [5, 5.41) is 21.3. The van der Waals surface area contributed by atoms with E-state index in [-0.39, 0.29) is 22.6 Å². The van der Waals surface area contributed by atoms with Crippen LogP contribution in [0.3, 0.4) is 0 Å². The van der Waals surface area contributed by atoms with Gasteiger partial charge in [-0.05, 0) is 81.6 Å². The van der Waals surface area contributed by atoms with Crippen molar-refractivity contribution < 1.29 is 19.8 Å². The zero-order chi connectivity index (χ0) is 15.6. The van der Waals surface area contributed by atoms with Crippen LogP contribution in [0.25, 0.3) is 0 Å². The van der Waals surface area contributed by atoms with Gasteiger partial charge in [0.1, 0.15) is 5.75 Å². The lowest BCUT2D eigenvalue weighted by atomic mass is 10.1. The van der Waals surface area contributed by atoms with E-state index in [0.29, 0.717) is 3.57 Å². The third-order valence-electron chi connectivity index (χ3n) is 2.67. The molecule has 0 bridgehead atoms. The van der Waals surface area contributed by atoms with Gasteiger partial charge in [-0.25, -0.2) is 4.79 Å². The Balaban J connectivity index is 2.31. The van der Waals surface area contributed by atoms with E-state index in [4.69, 9.17) is 5.11 Å². The molecule has 1 amide bonds. The maximum absolute atomic E-state index is 12.1. The molecule has 2 rings (SSSR count). The molecule has 5 nitrogen and oxygen atoms in total. The van der Waals surface area contributed by atoms with Crippen LogP contribution < -0.4 is 5.32 Å². The molecule has 2 aromatic rings. The van der Waals surface area contributed by atoms with Gasteiger partial charge in [0.25, 0.3) is 5.91 Å². The molecule has 0 fully saturated rings. The van der Waals surface area contributed by atoms with Crippen molar-refractivity contribution >= 4 is 62.7 Å². The zero-order valence-electron chi connectivity index (χ0n) is 10.4. The highest BCUT2D eigenvalue weighted by atomic mass is 127. The number of carbonyl (C=O) groups excluding carboxylic acids is 1. The van der Waals surface area contributed by atoms with Crippen molar-refractivity contribution in [2.45, 2.75) is 0 Å². The Labute approximate surface area is 147 Å². The first-order chi connectivity index (χ1) is 9.88. The number of benzene rings is 2. The van der Waals surface area contributed by atoms with E-state index < -0.39 is 11.9 Å². The van der Waals surface area contributed by atoms with E-state index >= 15 is 0 Å². The largest absolute Gasteiger partial charge is 0.507 e. The number of phenolic OH excluding ortho intramolecular Hbond substituents is 1. The van der Waals surface area contributed by atoms with Crippen molar-refractivity contribution in [3.05, 3.63) is 54.7 Å². The maximum atomic E-state index is 12.1. The van der Waals surface area contributed by atoms with Crippen LogP contribution in [0.1, 0.15) is 20.7 Å². The van der Waals surface area contributed by atoms with Crippen molar-refractivity contribution in [1.29, 1.82) is 0 Å². The van der Waals surface area contributed by atoms with Crippen LogP contribution in [0.2, 0.25) is 0 Å². The molecule has 0 saturated carbocycles. The van der Waals surface area contributed by atoms with Crippen LogP contribution in [0.4, 0.5) is 5.69 Å². The first kappa shape index (κ1) is 16.0. The highest BCUT2D eigenvalue weighted by molar-refractivity contribution is 14.1. The van der Waals surface area contributed by atoms with Crippen molar-refractivity contribution in [3.8, 4) is 5.75 Å². The van der Waals surface area contributed by atoms with Crippen LogP contribution in [0.5, 0.6) is 5.75 Å². The number of aromatic hydroxyl groups is 1. The van der Waals surface area contributed by atoms with E-state index in [1.807, 2.05) is 45.2 Å². The van der Waals surface area contributed by atoms with Gasteiger partial charge in [-0.15, -0.1) is 0 Å². The normalized spacial score (nSPS) is 10.2. The molecule has 21 heavy (non-hydrogen) atoms. The minimum atomic E-state index is -1.12. The lowest BCUT2D eigenvalue weighted by molar-refractivity contribution is 0.0698. The van der Waals surface area contributed by atoms with Crippen LogP contribution in [0, 0.1) is 7.14 Å². The molecular weight excluding hydrogens is 500 g/mol. The highest BCUT2D eigenvalue weighted by Crippen LogP contribution is 2.23. The molecule has 108 valence electrons. The van der Waals surface area contributed by atoms with Gasteiger partial charge in [0.05, 0.1) is 14.8 Å². The summed E-state index contributed by atoms with van der Waals surface area (Å²) in [5.41, 5.74) is 0.485. The lowest BCUT2D eigenvalue weighted by Gasteiger charge is -2.09. The van der Waals surface area contributed by atoms with Gasteiger partial charge < -0.3 is 15.5 Å². The first-order valence-corrected chi connectivity index (χ1v) is 7.87. The molecule has 0 aliphatic rings. The molecule has 0 saturated heterocycles. The number of hydrogen-bond acceptors (Lipinski definition) is 3. The third kappa shape index (κ3) is 3.84. The van der Waals surface area contributed by atoms with Gasteiger partial charge >= 0.3 is 5.97 Å². The molecule has 7 heteroatoms.